The predicted octanol–water partition coefficient (Wildman–Crippen LogP) is 3.67. The van der Waals surface area contributed by atoms with Gasteiger partial charge in [-0.2, -0.15) is 0 Å². The molecule has 31 heavy (non-hydrogen) atoms. The lowest BCUT2D eigenvalue weighted by atomic mass is 10.1. The summed E-state index contributed by atoms with van der Waals surface area (Å²) in [6.07, 6.45) is 2.74. The molecule has 1 aliphatic rings. The maximum absolute atomic E-state index is 13.2. The molecule has 5 nitrogen and oxygen atoms in total. The van der Waals surface area contributed by atoms with Crippen LogP contribution in [0.1, 0.15) is 16.9 Å². The van der Waals surface area contributed by atoms with E-state index in [1.165, 1.54) is 5.56 Å². The molecule has 1 aliphatic heterocycles. The lowest BCUT2D eigenvalue weighted by molar-refractivity contribution is -0.134. The van der Waals surface area contributed by atoms with Crippen molar-refractivity contribution < 1.29 is 9.21 Å². The highest BCUT2D eigenvalue weighted by Gasteiger charge is 2.22. The lowest BCUT2D eigenvalue weighted by Gasteiger charge is -2.35. The smallest absolute Gasteiger partial charge is 0.237 e. The largest absolute Gasteiger partial charge is 0.467 e. The second kappa shape index (κ2) is 10.9. The summed E-state index contributed by atoms with van der Waals surface area (Å²) in [5.74, 6) is 0.966. The summed E-state index contributed by atoms with van der Waals surface area (Å²) in [6, 6.07) is 24.6. The van der Waals surface area contributed by atoms with E-state index < -0.39 is 0 Å². The van der Waals surface area contributed by atoms with E-state index in [2.05, 4.69) is 52.3 Å². The molecule has 0 atom stereocenters. The Morgan fingerprint density at radius 2 is 1.42 bits per heavy atom. The van der Waals surface area contributed by atoms with E-state index in [-0.39, 0.29) is 5.91 Å². The SMILES string of the molecule is O=C(CN1CCN(CCc2ccccc2)CC1)N(Cc1ccccc1)Cc1ccco1. The van der Waals surface area contributed by atoms with Gasteiger partial charge in [0.15, 0.2) is 0 Å². The van der Waals surface area contributed by atoms with Gasteiger partial charge in [-0.15, -0.1) is 0 Å². The number of piperazine rings is 1. The molecule has 0 spiro atoms. The Labute approximate surface area is 184 Å². The molecule has 0 unspecified atom stereocenters. The first-order valence-corrected chi connectivity index (χ1v) is 11.1. The molecule has 162 valence electrons. The van der Waals surface area contributed by atoms with Crippen LogP contribution in [0.2, 0.25) is 0 Å². The zero-order valence-corrected chi connectivity index (χ0v) is 18.0. The van der Waals surface area contributed by atoms with Crippen LogP contribution in [0, 0.1) is 0 Å². The maximum atomic E-state index is 13.2. The molecule has 4 rings (SSSR count). The first-order chi connectivity index (χ1) is 15.3. The highest BCUT2D eigenvalue weighted by atomic mass is 16.3. The van der Waals surface area contributed by atoms with E-state index >= 15 is 0 Å². The Morgan fingerprint density at radius 3 is 2.06 bits per heavy atom. The maximum Gasteiger partial charge on any atom is 0.237 e. The van der Waals surface area contributed by atoms with Crippen LogP contribution < -0.4 is 0 Å². The molecule has 5 heteroatoms. The van der Waals surface area contributed by atoms with Crippen molar-refractivity contribution in [2.75, 3.05) is 39.3 Å². The zero-order chi connectivity index (χ0) is 21.3. The van der Waals surface area contributed by atoms with E-state index in [9.17, 15) is 4.79 Å². The van der Waals surface area contributed by atoms with E-state index in [1.54, 1.807) is 6.26 Å². The van der Waals surface area contributed by atoms with Gasteiger partial charge in [-0.3, -0.25) is 9.69 Å². The molecule has 0 aliphatic carbocycles. The molecule has 0 saturated carbocycles. The number of amides is 1. The van der Waals surface area contributed by atoms with Gasteiger partial charge >= 0.3 is 0 Å². The Bertz CT molecular complexity index is 904. The van der Waals surface area contributed by atoms with Crippen molar-refractivity contribution >= 4 is 5.91 Å². The van der Waals surface area contributed by atoms with Gasteiger partial charge in [0, 0.05) is 39.3 Å². The van der Waals surface area contributed by atoms with Crippen molar-refractivity contribution in [3.8, 4) is 0 Å². The fraction of sp³-hybridized carbons (Fsp3) is 0.346. The summed E-state index contributed by atoms with van der Waals surface area (Å²) in [7, 11) is 0. The lowest BCUT2D eigenvalue weighted by Crippen LogP contribution is -2.50. The average molecular weight is 418 g/mol. The summed E-state index contributed by atoms with van der Waals surface area (Å²) >= 11 is 0. The van der Waals surface area contributed by atoms with E-state index in [0.717, 1.165) is 50.5 Å². The van der Waals surface area contributed by atoms with Crippen LogP contribution in [0.15, 0.2) is 83.5 Å². The first kappa shape index (κ1) is 21.3. The number of nitrogens with zero attached hydrogens (tertiary/aromatic N) is 3. The van der Waals surface area contributed by atoms with Crippen molar-refractivity contribution in [3.05, 3.63) is 95.9 Å². The topological polar surface area (TPSA) is 39.9 Å². The second-order valence-corrected chi connectivity index (χ2v) is 8.17. The Balaban J connectivity index is 1.28. The molecule has 2 aromatic carbocycles. The number of rotatable bonds is 9. The third-order valence-corrected chi connectivity index (χ3v) is 5.88. The third kappa shape index (κ3) is 6.54. The summed E-state index contributed by atoms with van der Waals surface area (Å²) < 4.78 is 5.51. The minimum absolute atomic E-state index is 0.151. The summed E-state index contributed by atoms with van der Waals surface area (Å²) in [4.78, 5) is 19.8. The zero-order valence-electron chi connectivity index (χ0n) is 18.0. The summed E-state index contributed by atoms with van der Waals surface area (Å²) in [5.41, 5.74) is 2.52. The fourth-order valence-electron chi connectivity index (χ4n) is 4.02. The Kier molecular flexibility index (Phi) is 7.53. The van der Waals surface area contributed by atoms with Crippen LogP contribution in [-0.4, -0.2) is 59.9 Å². The van der Waals surface area contributed by atoms with Gasteiger partial charge in [0.2, 0.25) is 5.91 Å². The van der Waals surface area contributed by atoms with Crippen LogP contribution in [0.3, 0.4) is 0 Å². The Hall–Kier alpha value is -2.89. The molecule has 0 bridgehead atoms. The summed E-state index contributed by atoms with van der Waals surface area (Å²) in [6.45, 7) is 6.51. The van der Waals surface area contributed by atoms with E-state index in [4.69, 9.17) is 4.42 Å². The molecule has 2 heterocycles. The number of benzene rings is 2. The highest BCUT2D eigenvalue weighted by Crippen LogP contribution is 2.12. The van der Waals surface area contributed by atoms with E-state index in [1.807, 2.05) is 35.2 Å². The Morgan fingerprint density at radius 1 is 0.774 bits per heavy atom. The molecule has 0 radical (unpaired) electrons. The van der Waals surface area contributed by atoms with Crippen molar-refractivity contribution in [1.29, 1.82) is 0 Å². The number of hydrogen-bond donors (Lipinski definition) is 0. The van der Waals surface area contributed by atoms with Gasteiger partial charge in [0.25, 0.3) is 0 Å². The van der Waals surface area contributed by atoms with Gasteiger partial charge in [-0.25, -0.2) is 0 Å². The van der Waals surface area contributed by atoms with Crippen molar-refractivity contribution in [1.82, 2.24) is 14.7 Å². The van der Waals surface area contributed by atoms with Gasteiger partial charge < -0.3 is 14.2 Å². The second-order valence-electron chi connectivity index (χ2n) is 8.17. The molecule has 3 aromatic rings. The van der Waals surface area contributed by atoms with Crippen molar-refractivity contribution in [3.63, 3.8) is 0 Å². The fourth-order valence-corrected chi connectivity index (χ4v) is 4.02. The van der Waals surface area contributed by atoms with Gasteiger partial charge in [-0.05, 0) is 29.7 Å². The predicted molar refractivity (Wildman–Crippen MR) is 122 cm³/mol. The minimum Gasteiger partial charge on any atom is -0.467 e. The van der Waals surface area contributed by atoms with Crippen LogP contribution in [-0.2, 0) is 24.3 Å². The molecule has 1 aromatic heterocycles. The molecular weight excluding hydrogens is 386 g/mol. The molecular formula is C26H31N3O2. The van der Waals surface area contributed by atoms with Crippen molar-refractivity contribution in [2.24, 2.45) is 0 Å². The van der Waals surface area contributed by atoms with E-state index in [0.29, 0.717) is 19.6 Å². The number of furan rings is 1. The van der Waals surface area contributed by atoms with Crippen LogP contribution in [0.5, 0.6) is 0 Å². The molecule has 0 N–H and O–H groups in total. The minimum atomic E-state index is 0.151. The van der Waals surface area contributed by atoms with Crippen LogP contribution >= 0.6 is 0 Å². The third-order valence-electron chi connectivity index (χ3n) is 5.88. The van der Waals surface area contributed by atoms with Gasteiger partial charge in [-0.1, -0.05) is 60.7 Å². The van der Waals surface area contributed by atoms with Crippen LogP contribution in [0.4, 0.5) is 0 Å². The summed E-state index contributed by atoms with van der Waals surface area (Å²) in [5, 5.41) is 0. The monoisotopic (exact) mass is 417 g/mol. The quantitative estimate of drug-likeness (QED) is 0.533. The van der Waals surface area contributed by atoms with Gasteiger partial charge in [0.05, 0.1) is 19.4 Å². The van der Waals surface area contributed by atoms with Crippen molar-refractivity contribution in [2.45, 2.75) is 19.5 Å². The van der Waals surface area contributed by atoms with Gasteiger partial charge in [0.1, 0.15) is 5.76 Å². The molecule has 1 amide bonds. The number of hydrogen-bond acceptors (Lipinski definition) is 4. The number of carbonyl (C=O) groups excluding carboxylic acids is 1. The average Bonchev–Trinajstić information content (AvgIpc) is 3.33. The molecule has 1 fully saturated rings. The van der Waals surface area contributed by atoms with Crippen LogP contribution in [0.25, 0.3) is 0 Å². The first-order valence-electron chi connectivity index (χ1n) is 11.1. The highest BCUT2D eigenvalue weighted by molar-refractivity contribution is 5.78. The molecule has 1 saturated heterocycles. The standard InChI is InChI=1S/C26H31N3O2/c30-26(29(21-25-12-7-19-31-25)20-24-10-5-2-6-11-24)22-28-17-15-27(16-18-28)14-13-23-8-3-1-4-9-23/h1-12,19H,13-18,20-22H2. The normalized spacial score (nSPS) is 15.1. The number of carbonyl (C=O) groups is 1.